The topological polar surface area (TPSA) is 69.6 Å². The molecule has 0 spiro atoms. The number of likely N-dealkylation sites (tertiary alicyclic amines) is 1. The Hall–Kier alpha value is -1.10. The van der Waals surface area contributed by atoms with E-state index in [-0.39, 0.29) is 22.6 Å². The second kappa shape index (κ2) is 6.90. The maximum absolute atomic E-state index is 12.8. The lowest BCUT2D eigenvalue weighted by Gasteiger charge is -2.41. The number of rotatable bonds is 4. The van der Waals surface area contributed by atoms with E-state index in [4.69, 9.17) is 0 Å². The molecule has 3 rings (SSSR count). The van der Waals surface area contributed by atoms with Gasteiger partial charge in [-0.2, -0.15) is 0 Å². The molecule has 0 aromatic rings. The zero-order valence-corrected chi connectivity index (χ0v) is 15.9. The van der Waals surface area contributed by atoms with Gasteiger partial charge >= 0.3 is 0 Å². The normalized spacial score (nSPS) is 27.2. The molecule has 3 aliphatic rings. The van der Waals surface area contributed by atoms with Gasteiger partial charge in [-0.05, 0) is 38.5 Å². The summed E-state index contributed by atoms with van der Waals surface area (Å²) in [6.07, 6.45) is 9.47. The zero-order valence-electron chi connectivity index (χ0n) is 15.9. The number of hydrogen-bond acceptors (Lipinski definition) is 3. The van der Waals surface area contributed by atoms with Gasteiger partial charge in [0.1, 0.15) is 0 Å². The van der Waals surface area contributed by atoms with Crippen LogP contribution in [0.25, 0.3) is 0 Å². The Kier molecular flexibility index (Phi) is 5.16. The van der Waals surface area contributed by atoms with Gasteiger partial charge in [-0.25, -0.2) is 0 Å². The summed E-state index contributed by atoms with van der Waals surface area (Å²) >= 11 is 0. The minimum absolute atomic E-state index is 0.0791. The lowest BCUT2D eigenvalue weighted by atomic mass is 9.84. The molecule has 2 aliphatic carbocycles. The fourth-order valence-electron chi connectivity index (χ4n) is 4.89. The van der Waals surface area contributed by atoms with Crippen LogP contribution in [0.3, 0.4) is 0 Å². The molecular formula is C20H34N2O3. The number of piperidine rings is 1. The Bertz CT molecular complexity index is 511. The molecule has 2 N–H and O–H groups in total. The molecule has 2 saturated carbocycles. The average Bonchev–Trinajstić information content (AvgIpc) is 3.23. The highest BCUT2D eigenvalue weighted by Crippen LogP contribution is 2.40. The fraction of sp³-hybridized carbons (Fsp3) is 0.900. The first-order valence-electron chi connectivity index (χ1n) is 10.1. The minimum atomic E-state index is -0.877. The number of amides is 2. The summed E-state index contributed by atoms with van der Waals surface area (Å²) in [5.74, 6) is 0.338. The summed E-state index contributed by atoms with van der Waals surface area (Å²) in [6, 6.07) is 0. The van der Waals surface area contributed by atoms with Gasteiger partial charge in [0, 0.05) is 30.5 Å². The molecule has 1 saturated heterocycles. The molecular weight excluding hydrogens is 316 g/mol. The minimum Gasteiger partial charge on any atom is -0.388 e. The summed E-state index contributed by atoms with van der Waals surface area (Å²) in [7, 11) is 0. The summed E-state index contributed by atoms with van der Waals surface area (Å²) in [6.45, 7) is 5.62. The molecule has 0 aromatic carbocycles. The molecule has 0 radical (unpaired) electrons. The van der Waals surface area contributed by atoms with Gasteiger partial charge in [0.2, 0.25) is 11.8 Å². The molecule has 0 bridgehead atoms. The van der Waals surface area contributed by atoms with E-state index in [2.05, 4.69) is 12.2 Å². The van der Waals surface area contributed by atoms with Gasteiger partial charge < -0.3 is 15.3 Å². The predicted molar refractivity (Wildman–Crippen MR) is 96.9 cm³/mol. The van der Waals surface area contributed by atoms with Crippen LogP contribution in [0.2, 0.25) is 0 Å². The Morgan fingerprint density at radius 3 is 1.88 bits per heavy atom. The molecule has 142 valence electrons. The molecule has 5 nitrogen and oxygen atoms in total. The highest BCUT2D eigenvalue weighted by molar-refractivity contribution is 5.83. The lowest BCUT2D eigenvalue weighted by Crippen LogP contribution is -2.55. The van der Waals surface area contributed by atoms with E-state index < -0.39 is 5.60 Å². The van der Waals surface area contributed by atoms with E-state index in [1.165, 1.54) is 0 Å². The van der Waals surface area contributed by atoms with Crippen LogP contribution < -0.4 is 5.32 Å². The molecule has 5 heteroatoms. The summed E-state index contributed by atoms with van der Waals surface area (Å²) in [4.78, 5) is 27.2. The predicted octanol–water partition coefficient (Wildman–Crippen LogP) is 2.62. The Morgan fingerprint density at radius 2 is 1.36 bits per heavy atom. The van der Waals surface area contributed by atoms with Crippen molar-refractivity contribution in [3.05, 3.63) is 0 Å². The largest absolute Gasteiger partial charge is 0.388 e. The zero-order chi connectivity index (χ0) is 18.1. The average molecular weight is 351 g/mol. The highest BCUT2D eigenvalue weighted by Gasteiger charge is 2.43. The molecule has 1 heterocycles. The molecule has 0 aromatic heterocycles. The van der Waals surface area contributed by atoms with Crippen molar-refractivity contribution in [1.82, 2.24) is 10.2 Å². The number of nitrogens with zero attached hydrogens (tertiary/aromatic N) is 1. The van der Waals surface area contributed by atoms with Gasteiger partial charge in [0.15, 0.2) is 0 Å². The van der Waals surface area contributed by atoms with Crippen LogP contribution in [0, 0.1) is 10.8 Å². The van der Waals surface area contributed by atoms with Gasteiger partial charge in [0.05, 0.1) is 5.60 Å². The third-order valence-electron chi connectivity index (χ3n) is 7.04. The highest BCUT2D eigenvalue weighted by atomic mass is 16.3. The maximum atomic E-state index is 12.8. The van der Waals surface area contributed by atoms with Crippen LogP contribution in [-0.4, -0.2) is 47.1 Å². The molecule has 1 aliphatic heterocycles. The van der Waals surface area contributed by atoms with Gasteiger partial charge in [-0.3, -0.25) is 9.59 Å². The standard InChI is InChI=1S/C20H34N2O3/c1-18(7-3-4-8-18)16(23)21-15-20(25)11-13-22(14-12-20)17(24)19(2)9-5-6-10-19/h25H,3-15H2,1-2H3,(H,21,23). The second-order valence-electron chi connectivity index (χ2n) is 9.23. The van der Waals surface area contributed by atoms with Crippen molar-refractivity contribution in [2.75, 3.05) is 19.6 Å². The third kappa shape index (κ3) is 3.86. The Morgan fingerprint density at radius 1 is 0.880 bits per heavy atom. The van der Waals surface area contributed by atoms with Crippen molar-refractivity contribution < 1.29 is 14.7 Å². The first kappa shape index (κ1) is 18.7. The van der Waals surface area contributed by atoms with Gasteiger partial charge in [-0.1, -0.05) is 39.5 Å². The Balaban J connectivity index is 1.49. The van der Waals surface area contributed by atoms with Crippen molar-refractivity contribution in [2.24, 2.45) is 10.8 Å². The van der Waals surface area contributed by atoms with Gasteiger partial charge in [0.25, 0.3) is 0 Å². The maximum Gasteiger partial charge on any atom is 0.228 e. The van der Waals surface area contributed by atoms with E-state index in [9.17, 15) is 14.7 Å². The number of carbonyl (C=O) groups excluding carboxylic acids is 2. The summed E-state index contributed by atoms with van der Waals surface area (Å²) < 4.78 is 0. The molecule has 25 heavy (non-hydrogen) atoms. The number of hydrogen-bond donors (Lipinski definition) is 2. The van der Waals surface area contributed by atoms with Crippen molar-refractivity contribution in [3.8, 4) is 0 Å². The number of carbonyl (C=O) groups is 2. The SMILES string of the molecule is CC1(C(=O)NCC2(O)CCN(C(=O)C3(C)CCCC3)CC2)CCCC1. The van der Waals surface area contributed by atoms with Crippen molar-refractivity contribution in [2.45, 2.75) is 83.7 Å². The first-order chi connectivity index (χ1) is 11.8. The monoisotopic (exact) mass is 350 g/mol. The van der Waals surface area contributed by atoms with Gasteiger partial charge in [-0.15, -0.1) is 0 Å². The van der Waals surface area contributed by atoms with Crippen LogP contribution >= 0.6 is 0 Å². The second-order valence-corrected chi connectivity index (χ2v) is 9.23. The van der Waals surface area contributed by atoms with E-state index >= 15 is 0 Å². The van der Waals surface area contributed by atoms with Crippen molar-refractivity contribution in [1.29, 1.82) is 0 Å². The van der Waals surface area contributed by atoms with E-state index in [0.717, 1.165) is 51.4 Å². The van der Waals surface area contributed by atoms with E-state index in [1.54, 1.807) is 0 Å². The van der Waals surface area contributed by atoms with Crippen LogP contribution in [-0.2, 0) is 9.59 Å². The van der Waals surface area contributed by atoms with Crippen molar-refractivity contribution in [3.63, 3.8) is 0 Å². The smallest absolute Gasteiger partial charge is 0.228 e. The fourth-order valence-corrected chi connectivity index (χ4v) is 4.89. The molecule has 0 atom stereocenters. The summed E-state index contributed by atoms with van der Waals surface area (Å²) in [5.41, 5.74) is -1.33. The van der Waals surface area contributed by atoms with Crippen LogP contribution in [0.15, 0.2) is 0 Å². The molecule has 0 unspecified atom stereocenters. The molecule has 3 fully saturated rings. The quantitative estimate of drug-likeness (QED) is 0.819. The van der Waals surface area contributed by atoms with Crippen LogP contribution in [0.1, 0.15) is 78.1 Å². The number of aliphatic hydroxyl groups is 1. The van der Waals surface area contributed by atoms with Crippen molar-refractivity contribution >= 4 is 11.8 Å². The van der Waals surface area contributed by atoms with Crippen LogP contribution in [0.5, 0.6) is 0 Å². The lowest BCUT2D eigenvalue weighted by molar-refractivity contribution is -0.146. The first-order valence-corrected chi connectivity index (χ1v) is 10.1. The third-order valence-corrected chi connectivity index (χ3v) is 7.04. The molecule has 2 amide bonds. The summed E-state index contributed by atoms with van der Waals surface area (Å²) in [5, 5.41) is 13.8. The number of nitrogens with one attached hydrogen (secondary N) is 1. The van der Waals surface area contributed by atoms with E-state index in [0.29, 0.717) is 32.5 Å². The van der Waals surface area contributed by atoms with E-state index in [1.807, 2.05) is 11.8 Å². The van der Waals surface area contributed by atoms with Crippen LogP contribution in [0.4, 0.5) is 0 Å². The Labute approximate surface area is 151 Å².